The van der Waals surface area contributed by atoms with Crippen LogP contribution in [0.4, 0.5) is 10.3 Å². The van der Waals surface area contributed by atoms with E-state index in [1.807, 2.05) is 4.90 Å². The van der Waals surface area contributed by atoms with Crippen LogP contribution in [-0.4, -0.2) is 48.9 Å². The van der Waals surface area contributed by atoms with Gasteiger partial charge in [-0.1, -0.05) is 17.7 Å². The second kappa shape index (κ2) is 8.55. The summed E-state index contributed by atoms with van der Waals surface area (Å²) < 4.78 is 45.8. The highest BCUT2D eigenvalue weighted by molar-refractivity contribution is 7.89. The van der Waals surface area contributed by atoms with Crippen LogP contribution in [-0.2, 0) is 10.0 Å². The summed E-state index contributed by atoms with van der Waals surface area (Å²) in [5, 5.41) is 0.376. The van der Waals surface area contributed by atoms with Gasteiger partial charge >= 0.3 is 0 Å². The van der Waals surface area contributed by atoms with Crippen molar-refractivity contribution in [1.82, 2.24) is 14.3 Å². The van der Waals surface area contributed by atoms with E-state index in [4.69, 9.17) is 16.3 Å². The molecule has 0 bridgehead atoms. The highest BCUT2D eigenvalue weighted by Gasteiger charge is 2.29. The van der Waals surface area contributed by atoms with Gasteiger partial charge in [-0.3, -0.25) is 0 Å². The van der Waals surface area contributed by atoms with Crippen LogP contribution >= 0.6 is 11.6 Å². The van der Waals surface area contributed by atoms with Gasteiger partial charge in [-0.2, -0.15) is 9.29 Å². The summed E-state index contributed by atoms with van der Waals surface area (Å²) in [4.78, 5) is 10.7. The summed E-state index contributed by atoms with van der Waals surface area (Å²) in [5.41, 5.74) is 0. The third kappa shape index (κ3) is 4.53. The van der Waals surface area contributed by atoms with E-state index < -0.39 is 10.0 Å². The van der Waals surface area contributed by atoms with E-state index in [0.717, 1.165) is 0 Å². The van der Waals surface area contributed by atoms with Gasteiger partial charge in [0.1, 0.15) is 11.6 Å². The topological polar surface area (TPSA) is 75.6 Å². The maximum atomic E-state index is 13.0. The lowest BCUT2D eigenvalue weighted by atomic mass is 10.3. The molecule has 30 heavy (non-hydrogen) atoms. The van der Waals surface area contributed by atoms with E-state index in [-0.39, 0.29) is 10.7 Å². The van der Waals surface area contributed by atoms with E-state index in [1.54, 1.807) is 24.4 Å². The van der Waals surface area contributed by atoms with E-state index in [9.17, 15) is 12.8 Å². The van der Waals surface area contributed by atoms with Gasteiger partial charge in [0.15, 0.2) is 0 Å². The van der Waals surface area contributed by atoms with Gasteiger partial charge in [-0.25, -0.2) is 17.8 Å². The number of halogens is 2. The zero-order valence-electron chi connectivity index (χ0n) is 15.8. The lowest BCUT2D eigenvalue weighted by Gasteiger charge is -2.34. The van der Waals surface area contributed by atoms with Crippen molar-refractivity contribution in [3.05, 3.63) is 71.6 Å². The fraction of sp³-hybridized carbons (Fsp3) is 0.200. The van der Waals surface area contributed by atoms with Crippen LogP contribution in [0.1, 0.15) is 0 Å². The van der Waals surface area contributed by atoms with Crippen molar-refractivity contribution < 1.29 is 17.5 Å². The molecule has 3 aromatic rings. The monoisotopic (exact) mass is 448 g/mol. The SMILES string of the molecule is O=S(=O)(c1cccc(Cl)c1)N1CCN(c2nccc(Oc3ccc(F)cc3)n2)CC1. The molecule has 0 radical (unpaired) electrons. The molecular weight excluding hydrogens is 431 g/mol. The summed E-state index contributed by atoms with van der Waals surface area (Å²) in [6.07, 6.45) is 1.57. The fourth-order valence-electron chi connectivity index (χ4n) is 3.07. The van der Waals surface area contributed by atoms with Crippen LogP contribution in [0.25, 0.3) is 0 Å². The zero-order valence-corrected chi connectivity index (χ0v) is 17.4. The lowest BCUT2D eigenvalue weighted by molar-refractivity contribution is 0.381. The average Bonchev–Trinajstić information content (AvgIpc) is 2.76. The van der Waals surface area contributed by atoms with Gasteiger partial charge in [0.25, 0.3) is 0 Å². The molecule has 1 saturated heterocycles. The Labute approximate surface area is 178 Å². The zero-order chi connectivity index (χ0) is 21.1. The second-order valence-electron chi connectivity index (χ2n) is 6.60. The fourth-order valence-corrected chi connectivity index (χ4v) is 4.79. The Balaban J connectivity index is 1.43. The van der Waals surface area contributed by atoms with Crippen LogP contribution in [0.5, 0.6) is 11.6 Å². The smallest absolute Gasteiger partial charge is 0.243 e. The first-order valence-corrected chi connectivity index (χ1v) is 11.0. The minimum absolute atomic E-state index is 0.175. The van der Waals surface area contributed by atoms with Crippen molar-refractivity contribution in [2.45, 2.75) is 4.90 Å². The summed E-state index contributed by atoms with van der Waals surface area (Å²) >= 11 is 5.94. The summed E-state index contributed by atoms with van der Waals surface area (Å²) in [7, 11) is -3.62. The third-order valence-corrected chi connectivity index (χ3v) is 6.74. The maximum Gasteiger partial charge on any atom is 0.243 e. The number of rotatable bonds is 5. The average molecular weight is 449 g/mol. The van der Waals surface area contributed by atoms with Crippen LogP contribution in [0.2, 0.25) is 5.02 Å². The number of aromatic nitrogens is 2. The first-order valence-electron chi connectivity index (χ1n) is 9.19. The quantitative estimate of drug-likeness (QED) is 0.594. The van der Waals surface area contributed by atoms with Crippen molar-refractivity contribution in [2.24, 2.45) is 0 Å². The number of hydrogen-bond donors (Lipinski definition) is 0. The highest BCUT2D eigenvalue weighted by Crippen LogP contribution is 2.24. The maximum absolute atomic E-state index is 13.0. The molecular formula is C20H18ClFN4O3S. The molecule has 0 unspecified atom stereocenters. The number of benzene rings is 2. The molecule has 1 fully saturated rings. The van der Waals surface area contributed by atoms with Gasteiger partial charge in [0.05, 0.1) is 4.90 Å². The molecule has 1 aliphatic heterocycles. The molecule has 4 rings (SSSR count). The number of hydrogen-bond acceptors (Lipinski definition) is 6. The third-order valence-electron chi connectivity index (χ3n) is 4.61. The molecule has 0 saturated carbocycles. The lowest BCUT2D eigenvalue weighted by Crippen LogP contribution is -2.49. The first kappa shape index (κ1) is 20.5. The Morgan fingerprint density at radius 3 is 2.43 bits per heavy atom. The normalized spacial score (nSPS) is 15.2. The molecule has 0 aliphatic carbocycles. The van der Waals surface area contributed by atoms with Crippen LogP contribution in [0.15, 0.2) is 65.7 Å². The Morgan fingerprint density at radius 1 is 1.00 bits per heavy atom. The van der Waals surface area contributed by atoms with Crippen molar-refractivity contribution in [1.29, 1.82) is 0 Å². The van der Waals surface area contributed by atoms with Gasteiger partial charge in [-0.05, 0) is 42.5 Å². The standard InChI is InChI=1S/C20H18ClFN4O3S/c21-15-2-1-3-18(14-15)30(27,28)26-12-10-25(11-13-26)20-23-9-8-19(24-20)29-17-6-4-16(22)5-7-17/h1-9,14H,10-13H2. The van der Waals surface area contributed by atoms with Crippen molar-refractivity contribution in [3.63, 3.8) is 0 Å². The Bertz CT molecular complexity index is 1140. The minimum atomic E-state index is -3.62. The van der Waals surface area contributed by atoms with Gasteiger partial charge < -0.3 is 9.64 Å². The molecule has 2 heterocycles. The summed E-state index contributed by atoms with van der Waals surface area (Å²) in [5.74, 6) is 0.866. The van der Waals surface area contributed by atoms with Crippen molar-refractivity contribution >= 4 is 27.6 Å². The molecule has 1 aromatic heterocycles. The van der Waals surface area contributed by atoms with Crippen molar-refractivity contribution in [2.75, 3.05) is 31.1 Å². The van der Waals surface area contributed by atoms with Crippen LogP contribution in [0.3, 0.4) is 0 Å². The molecule has 2 aromatic carbocycles. The van der Waals surface area contributed by atoms with E-state index in [1.165, 1.54) is 40.7 Å². The van der Waals surface area contributed by atoms with Gasteiger partial charge in [0.2, 0.25) is 21.9 Å². The molecule has 0 amide bonds. The van der Waals surface area contributed by atoms with Crippen LogP contribution < -0.4 is 9.64 Å². The predicted molar refractivity (Wildman–Crippen MR) is 111 cm³/mol. The largest absolute Gasteiger partial charge is 0.439 e. The van der Waals surface area contributed by atoms with Gasteiger partial charge in [-0.15, -0.1) is 0 Å². The number of sulfonamides is 1. The van der Waals surface area contributed by atoms with E-state index >= 15 is 0 Å². The van der Waals surface area contributed by atoms with Gasteiger partial charge in [0, 0.05) is 43.5 Å². The molecule has 10 heteroatoms. The van der Waals surface area contributed by atoms with Crippen LogP contribution in [0, 0.1) is 5.82 Å². The molecule has 0 atom stereocenters. The molecule has 156 valence electrons. The van der Waals surface area contributed by atoms with Crippen molar-refractivity contribution in [3.8, 4) is 11.6 Å². The van der Waals surface area contributed by atoms with E-state index in [2.05, 4.69) is 9.97 Å². The minimum Gasteiger partial charge on any atom is -0.439 e. The summed E-state index contributed by atoms with van der Waals surface area (Å²) in [6.45, 7) is 1.45. The number of nitrogens with zero attached hydrogens (tertiary/aromatic N) is 4. The molecule has 7 nitrogen and oxygen atoms in total. The Kier molecular flexibility index (Phi) is 5.85. The molecule has 0 N–H and O–H groups in total. The predicted octanol–water partition coefficient (Wildman–Crippen LogP) is 3.57. The number of ether oxygens (including phenoxy) is 1. The second-order valence-corrected chi connectivity index (χ2v) is 8.97. The Hall–Kier alpha value is -2.75. The Morgan fingerprint density at radius 2 is 1.73 bits per heavy atom. The molecule has 1 aliphatic rings. The summed E-state index contributed by atoms with van der Waals surface area (Å²) in [6, 6.07) is 13.5. The molecule has 0 spiro atoms. The first-order chi connectivity index (χ1) is 14.4. The van der Waals surface area contributed by atoms with E-state index in [0.29, 0.717) is 48.8 Å². The highest BCUT2D eigenvalue weighted by atomic mass is 35.5. The number of anilines is 1. The number of piperazine rings is 1.